The largest absolute Gasteiger partial charge is 0.465 e. The smallest absolute Gasteiger partial charge is 0.411 e. The van der Waals surface area contributed by atoms with Crippen LogP contribution in [0.25, 0.3) is 6.08 Å². The molecule has 0 aliphatic carbocycles. The lowest BCUT2D eigenvalue weighted by molar-refractivity contribution is 0.107. The molecule has 0 saturated carbocycles. The van der Waals surface area contributed by atoms with Crippen molar-refractivity contribution in [3.63, 3.8) is 0 Å². The predicted octanol–water partition coefficient (Wildman–Crippen LogP) is 3.20. The number of rotatable bonds is 4. The zero-order valence-corrected chi connectivity index (χ0v) is 11.5. The first-order valence-electron chi connectivity index (χ1n) is 6.72. The Morgan fingerprint density at radius 1 is 1.29 bits per heavy atom. The molecule has 5 nitrogen and oxygen atoms in total. The van der Waals surface area contributed by atoms with E-state index in [-0.39, 0.29) is 0 Å². The third-order valence-electron chi connectivity index (χ3n) is 3.46. The SMILES string of the molecule is O=C(O)N1C=Cc2c(COCc3ccccc3)c[nH]c2C1. The number of hydrogen-bond acceptors (Lipinski definition) is 2. The molecule has 2 N–H and O–H groups in total. The molecule has 0 atom stereocenters. The molecular weight excluding hydrogens is 268 g/mol. The Morgan fingerprint density at radius 2 is 2.10 bits per heavy atom. The number of benzene rings is 1. The molecular formula is C16H16N2O3. The van der Waals surface area contributed by atoms with Gasteiger partial charge in [-0.3, -0.25) is 4.90 Å². The molecule has 2 aromatic rings. The summed E-state index contributed by atoms with van der Waals surface area (Å²) in [5.74, 6) is 0. The van der Waals surface area contributed by atoms with Crippen LogP contribution in [-0.4, -0.2) is 21.1 Å². The Morgan fingerprint density at radius 3 is 2.86 bits per heavy atom. The zero-order valence-electron chi connectivity index (χ0n) is 11.5. The summed E-state index contributed by atoms with van der Waals surface area (Å²) in [5, 5.41) is 8.97. The van der Waals surface area contributed by atoms with E-state index in [0.717, 1.165) is 22.4 Å². The van der Waals surface area contributed by atoms with Crippen LogP contribution in [0.5, 0.6) is 0 Å². The van der Waals surface area contributed by atoms with Crippen LogP contribution in [0.15, 0.2) is 42.7 Å². The minimum absolute atomic E-state index is 0.347. The van der Waals surface area contributed by atoms with Gasteiger partial charge in [-0.1, -0.05) is 30.3 Å². The van der Waals surface area contributed by atoms with Crippen LogP contribution in [0, 0.1) is 0 Å². The van der Waals surface area contributed by atoms with E-state index in [1.165, 1.54) is 4.90 Å². The Bertz CT molecular complexity index is 661. The van der Waals surface area contributed by atoms with Crippen molar-refractivity contribution in [3.8, 4) is 0 Å². The number of hydrogen-bond donors (Lipinski definition) is 2. The second-order valence-corrected chi connectivity index (χ2v) is 4.91. The lowest BCUT2D eigenvalue weighted by Crippen LogP contribution is -2.25. The molecule has 5 heteroatoms. The molecule has 3 rings (SSSR count). The monoisotopic (exact) mass is 284 g/mol. The number of aromatic nitrogens is 1. The van der Waals surface area contributed by atoms with Gasteiger partial charge in [0, 0.05) is 29.2 Å². The number of nitrogens with one attached hydrogen (secondary N) is 1. The number of carbonyl (C=O) groups is 1. The molecule has 0 spiro atoms. The molecule has 0 unspecified atom stereocenters. The maximum absolute atomic E-state index is 10.9. The highest BCUT2D eigenvalue weighted by Crippen LogP contribution is 2.23. The summed E-state index contributed by atoms with van der Waals surface area (Å²) < 4.78 is 5.72. The summed E-state index contributed by atoms with van der Waals surface area (Å²) in [6.45, 7) is 1.41. The number of ether oxygens (including phenoxy) is 1. The molecule has 1 aliphatic rings. The summed E-state index contributed by atoms with van der Waals surface area (Å²) in [7, 11) is 0. The van der Waals surface area contributed by atoms with Crippen molar-refractivity contribution in [2.75, 3.05) is 0 Å². The highest BCUT2D eigenvalue weighted by molar-refractivity contribution is 5.71. The Balaban J connectivity index is 1.62. The van der Waals surface area contributed by atoms with Crippen LogP contribution in [-0.2, 0) is 24.5 Å². The lowest BCUT2D eigenvalue weighted by Gasteiger charge is -2.18. The molecule has 0 bridgehead atoms. The standard InChI is InChI=1S/C16H16N2O3/c19-16(20)18-7-6-14-13(8-17-15(14)9-18)11-21-10-12-4-2-1-3-5-12/h1-8,17H,9-11H2,(H,19,20). The second kappa shape index (κ2) is 5.85. The normalized spacial score (nSPS) is 13.2. The molecule has 0 saturated heterocycles. The number of carboxylic acid groups (broad SMARTS) is 1. The number of amides is 1. The molecule has 108 valence electrons. The number of fused-ring (bicyclic) bond motifs is 1. The van der Waals surface area contributed by atoms with Crippen molar-refractivity contribution in [3.05, 3.63) is 65.1 Å². The van der Waals surface area contributed by atoms with Gasteiger partial charge in [0.1, 0.15) is 0 Å². The maximum atomic E-state index is 10.9. The molecule has 1 amide bonds. The van der Waals surface area contributed by atoms with Gasteiger partial charge >= 0.3 is 6.09 Å². The van der Waals surface area contributed by atoms with Crippen LogP contribution < -0.4 is 0 Å². The average molecular weight is 284 g/mol. The van der Waals surface area contributed by atoms with E-state index < -0.39 is 6.09 Å². The fraction of sp³-hybridized carbons (Fsp3) is 0.188. The summed E-state index contributed by atoms with van der Waals surface area (Å²) in [6, 6.07) is 10.00. The van der Waals surface area contributed by atoms with Gasteiger partial charge in [-0.2, -0.15) is 0 Å². The first kappa shape index (κ1) is 13.5. The predicted molar refractivity (Wildman–Crippen MR) is 78.3 cm³/mol. The number of H-pyrrole nitrogens is 1. The van der Waals surface area contributed by atoms with Gasteiger partial charge in [0.25, 0.3) is 0 Å². The van der Waals surface area contributed by atoms with E-state index in [0.29, 0.717) is 19.8 Å². The van der Waals surface area contributed by atoms with Gasteiger partial charge in [-0.05, 0) is 11.6 Å². The van der Waals surface area contributed by atoms with Crippen LogP contribution in [0.1, 0.15) is 22.4 Å². The van der Waals surface area contributed by atoms with Gasteiger partial charge in [0.15, 0.2) is 0 Å². The summed E-state index contributed by atoms with van der Waals surface area (Å²) in [4.78, 5) is 15.3. The van der Waals surface area contributed by atoms with E-state index in [1.54, 1.807) is 6.20 Å². The van der Waals surface area contributed by atoms with Gasteiger partial charge in [0.2, 0.25) is 0 Å². The lowest BCUT2D eigenvalue weighted by atomic mass is 10.1. The number of aromatic amines is 1. The zero-order chi connectivity index (χ0) is 14.7. The van der Waals surface area contributed by atoms with Crippen LogP contribution in [0.2, 0.25) is 0 Å². The molecule has 1 aromatic heterocycles. The highest BCUT2D eigenvalue weighted by atomic mass is 16.5. The van der Waals surface area contributed by atoms with Gasteiger partial charge < -0.3 is 14.8 Å². The minimum Gasteiger partial charge on any atom is -0.465 e. The summed E-state index contributed by atoms with van der Waals surface area (Å²) in [5.41, 5.74) is 4.11. The third-order valence-corrected chi connectivity index (χ3v) is 3.46. The van der Waals surface area contributed by atoms with Crippen molar-refractivity contribution >= 4 is 12.2 Å². The van der Waals surface area contributed by atoms with Gasteiger partial charge in [-0.25, -0.2) is 4.79 Å². The second-order valence-electron chi connectivity index (χ2n) is 4.91. The fourth-order valence-corrected chi connectivity index (χ4v) is 2.35. The van der Waals surface area contributed by atoms with Gasteiger partial charge in [0.05, 0.1) is 19.8 Å². The molecule has 1 aromatic carbocycles. The highest BCUT2D eigenvalue weighted by Gasteiger charge is 2.19. The van der Waals surface area contributed by atoms with Crippen LogP contribution in [0.4, 0.5) is 4.79 Å². The van der Waals surface area contributed by atoms with E-state index >= 15 is 0 Å². The van der Waals surface area contributed by atoms with E-state index in [4.69, 9.17) is 9.84 Å². The van der Waals surface area contributed by atoms with Gasteiger partial charge in [-0.15, -0.1) is 0 Å². The Labute approximate surface area is 122 Å². The summed E-state index contributed by atoms with van der Waals surface area (Å²) in [6.07, 6.45) is 4.32. The maximum Gasteiger partial charge on any atom is 0.411 e. The topological polar surface area (TPSA) is 65.6 Å². The first-order valence-corrected chi connectivity index (χ1v) is 6.72. The quantitative estimate of drug-likeness (QED) is 0.906. The summed E-state index contributed by atoms with van der Waals surface area (Å²) >= 11 is 0. The fourth-order valence-electron chi connectivity index (χ4n) is 2.35. The van der Waals surface area contributed by atoms with Crippen molar-refractivity contribution in [1.29, 1.82) is 0 Å². The van der Waals surface area contributed by atoms with Crippen molar-refractivity contribution in [2.24, 2.45) is 0 Å². The number of nitrogens with zero attached hydrogens (tertiary/aromatic N) is 1. The molecule has 2 heterocycles. The first-order chi connectivity index (χ1) is 10.2. The molecule has 21 heavy (non-hydrogen) atoms. The Hall–Kier alpha value is -2.53. The average Bonchev–Trinajstić information content (AvgIpc) is 2.91. The van der Waals surface area contributed by atoms with Crippen LogP contribution >= 0.6 is 0 Å². The molecule has 0 radical (unpaired) electrons. The van der Waals surface area contributed by atoms with Crippen molar-refractivity contribution < 1.29 is 14.6 Å². The Kier molecular flexibility index (Phi) is 3.75. The van der Waals surface area contributed by atoms with Crippen molar-refractivity contribution in [2.45, 2.75) is 19.8 Å². The van der Waals surface area contributed by atoms with Crippen LogP contribution in [0.3, 0.4) is 0 Å². The van der Waals surface area contributed by atoms with E-state index in [1.807, 2.05) is 42.6 Å². The molecule has 1 aliphatic heterocycles. The minimum atomic E-state index is -0.951. The molecule has 0 fully saturated rings. The van der Waals surface area contributed by atoms with E-state index in [9.17, 15) is 4.79 Å². The third kappa shape index (κ3) is 2.98. The van der Waals surface area contributed by atoms with E-state index in [2.05, 4.69) is 4.98 Å². The van der Waals surface area contributed by atoms with Crippen molar-refractivity contribution in [1.82, 2.24) is 9.88 Å².